The van der Waals surface area contributed by atoms with E-state index in [-0.39, 0.29) is 48.2 Å². The van der Waals surface area contributed by atoms with Crippen molar-refractivity contribution in [3.05, 3.63) is 47.5 Å². The van der Waals surface area contributed by atoms with Gasteiger partial charge in [0.2, 0.25) is 23.6 Å². The Morgan fingerprint density at radius 3 is 2.13 bits per heavy atom. The number of rotatable bonds is 12. The van der Waals surface area contributed by atoms with Crippen LogP contribution in [0.2, 0.25) is 0 Å². The predicted octanol–water partition coefficient (Wildman–Crippen LogP) is 4.05. The highest BCUT2D eigenvalue weighted by Gasteiger charge is 2.40. The number of hydrogen-bond acceptors (Lipinski definition) is 6. The van der Waals surface area contributed by atoms with Crippen LogP contribution in [0.4, 0.5) is 0 Å². The molecule has 2 fully saturated rings. The van der Waals surface area contributed by atoms with E-state index < -0.39 is 29.6 Å². The molecule has 2 aliphatic heterocycles. The molecule has 0 spiro atoms. The van der Waals surface area contributed by atoms with E-state index in [1.807, 2.05) is 71.0 Å². The average molecular weight is 654 g/mol. The summed E-state index contributed by atoms with van der Waals surface area (Å²) in [6.07, 6.45) is 5.87. The predicted molar refractivity (Wildman–Crippen MR) is 185 cm³/mol. The number of carbonyl (C=O) groups excluding carboxylic acids is 4. The van der Waals surface area contributed by atoms with E-state index in [1.165, 1.54) is 0 Å². The lowest BCUT2D eigenvalue weighted by Crippen LogP contribution is -2.60. The van der Waals surface area contributed by atoms with E-state index in [4.69, 9.17) is 0 Å². The first-order chi connectivity index (χ1) is 22.1. The maximum Gasteiger partial charge on any atom is 0.249 e. The van der Waals surface area contributed by atoms with Crippen LogP contribution in [0.1, 0.15) is 99.1 Å². The molecule has 2 saturated heterocycles. The fourth-order valence-electron chi connectivity index (χ4n) is 6.87. The highest BCUT2D eigenvalue weighted by molar-refractivity contribution is 5.97. The first-order valence-corrected chi connectivity index (χ1v) is 17.4. The fourth-order valence-corrected chi connectivity index (χ4v) is 6.87. The minimum absolute atomic E-state index is 0.0216. The molecule has 1 unspecified atom stereocenters. The lowest BCUT2D eigenvalue weighted by atomic mass is 9.84. The molecule has 1 aromatic carbocycles. The summed E-state index contributed by atoms with van der Waals surface area (Å²) in [5.41, 5.74) is 0.705. The molecule has 47 heavy (non-hydrogen) atoms. The van der Waals surface area contributed by atoms with Crippen molar-refractivity contribution in [1.29, 1.82) is 0 Å². The van der Waals surface area contributed by atoms with Crippen LogP contribution in [-0.4, -0.2) is 100 Å². The molecule has 10 nitrogen and oxygen atoms in total. The summed E-state index contributed by atoms with van der Waals surface area (Å²) in [7, 11) is 1.73. The molecule has 0 bridgehead atoms. The largest absolute Gasteiger partial charge is 0.394 e. The van der Waals surface area contributed by atoms with Crippen LogP contribution in [-0.2, 0) is 19.2 Å². The first kappa shape index (κ1) is 38.2. The topological polar surface area (TPSA) is 122 Å². The first-order valence-electron chi connectivity index (χ1n) is 17.4. The van der Waals surface area contributed by atoms with Crippen LogP contribution >= 0.6 is 0 Å². The summed E-state index contributed by atoms with van der Waals surface area (Å²) in [5.74, 6) is -0.885. The number of nitrogens with one attached hydrogen (secondary N) is 2. The Kier molecular flexibility index (Phi) is 13.6. The highest BCUT2D eigenvalue weighted by Crippen LogP contribution is 2.27. The van der Waals surface area contributed by atoms with Gasteiger partial charge in [0.15, 0.2) is 0 Å². The van der Waals surface area contributed by atoms with Gasteiger partial charge in [-0.25, -0.2) is 0 Å². The second kappa shape index (κ2) is 16.7. The van der Waals surface area contributed by atoms with E-state index in [2.05, 4.69) is 29.4 Å². The molecule has 0 saturated carbocycles. The molecular formula is C37H59N5O5. The number of benzene rings is 1. The van der Waals surface area contributed by atoms with Gasteiger partial charge in [0.1, 0.15) is 12.1 Å². The normalized spacial score (nSPS) is 21.4. The fraction of sp³-hybridized carbons (Fsp3) is 0.676. The molecule has 2 aliphatic rings. The molecular weight excluding hydrogens is 594 g/mol. The monoisotopic (exact) mass is 653 g/mol. The minimum atomic E-state index is -0.752. The Labute approximate surface area is 282 Å². The van der Waals surface area contributed by atoms with Crippen molar-refractivity contribution in [3.8, 4) is 0 Å². The smallest absolute Gasteiger partial charge is 0.249 e. The molecule has 4 amide bonds. The lowest BCUT2D eigenvalue weighted by molar-refractivity contribution is -0.142. The standard InChI is InChI=1S/C37H59N5O5/c1-24(2)31(40(9)36(47)32(37(6,7)8)39-34(45)29-18-13-14-20-41(29)25(3)4)22-26(5)35(46)42-21-15-19-30(42)33(44)38-28(23-43)27-16-11-10-12-17-27/h10-12,16-17,22,24-25,28-32,43H,13-15,18-21,23H2,1-9H3,(H,38,44)(H,39,45)/b26-22+/t28-,29+,30-,31?,32+/m0/s1. The van der Waals surface area contributed by atoms with Crippen molar-refractivity contribution >= 4 is 23.6 Å². The van der Waals surface area contributed by atoms with E-state index >= 15 is 0 Å². The van der Waals surface area contributed by atoms with Gasteiger partial charge >= 0.3 is 0 Å². The zero-order valence-corrected chi connectivity index (χ0v) is 30.1. The van der Waals surface area contributed by atoms with E-state index in [0.29, 0.717) is 25.0 Å². The molecule has 2 heterocycles. The van der Waals surface area contributed by atoms with Crippen LogP contribution in [0.5, 0.6) is 0 Å². The Morgan fingerprint density at radius 2 is 1.55 bits per heavy atom. The Hall–Kier alpha value is -3.24. The molecule has 3 N–H and O–H groups in total. The molecule has 3 rings (SSSR count). The third kappa shape index (κ3) is 9.66. The van der Waals surface area contributed by atoms with Gasteiger partial charge in [-0.05, 0) is 69.9 Å². The van der Waals surface area contributed by atoms with Crippen molar-refractivity contribution in [2.45, 2.75) is 124 Å². The van der Waals surface area contributed by atoms with Gasteiger partial charge in [-0.15, -0.1) is 0 Å². The Balaban J connectivity index is 1.77. The van der Waals surface area contributed by atoms with Crippen LogP contribution < -0.4 is 10.6 Å². The summed E-state index contributed by atoms with van der Waals surface area (Å²) in [5, 5.41) is 16.0. The number of likely N-dealkylation sites (N-methyl/N-ethyl adjacent to an activating group) is 1. The van der Waals surface area contributed by atoms with Gasteiger partial charge in [-0.3, -0.25) is 24.1 Å². The summed E-state index contributed by atoms with van der Waals surface area (Å²) in [6, 6.07) is 6.86. The molecule has 0 aliphatic carbocycles. The van der Waals surface area contributed by atoms with Gasteiger partial charge in [-0.2, -0.15) is 0 Å². The van der Waals surface area contributed by atoms with Gasteiger partial charge in [0.25, 0.3) is 0 Å². The number of aliphatic hydroxyl groups is 1. The zero-order chi connectivity index (χ0) is 35.1. The van der Waals surface area contributed by atoms with Crippen molar-refractivity contribution in [3.63, 3.8) is 0 Å². The van der Waals surface area contributed by atoms with E-state index in [0.717, 1.165) is 31.4 Å². The maximum absolute atomic E-state index is 14.2. The van der Waals surface area contributed by atoms with Gasteiger partial charge in [0.05, 0.1) is 24.7 Å². The van der Waals surface area contributed by atoms with Gasteiger partial charge in [-0.1, -0.05) is 77.4 Å². The lowest BCUT2D eigenvalue weighted by Gasteiger charge is -2.41. The van der Waals surface area contributed by atoms with Gasteiger partial charge < -0.3 is 25.5 Å². The number of likely N-dealkylation sites (tertiary alicyclic amines) is 2. The molecule has 1 aromatic rings. The number of piperidine rings is 1. The summed E-state index contributed by atoms with van der Waals surface area (Å²) >= 11 is 0. The van der Waals surface area contributed by atoms with E-state index in [1.54, 1.807) is 23.8 Å². The van der Waals surface area contributed by atoms with Crippen molar-refractivity contribution in [2.24, 2.45) is 11.3 Å². The Morgan fingerprint density at radius 1 is 0.936 bits per heavy atom. The molecule has 0 aromatic heterocycles. The third-order valence-electron chi connectivity index (χ3n) is 9.66. The SMILES string of the molecule is C/C(=C\C(C(C)C)N(C)C(=O)[C@@H](NC(=O)[C@H]1CCCCN1C(C)C)C(C)(C)C)C(=O)N1CCC[C@H]1C(=O)N[C@@H](CO)c1ccccc1. The van der Waals surface area contributed by atoms with Crippen LogP contribution in [0.25, 0.3) is 0 Å². The number of carbonyl (C=O) groups is 4. The Bertz CT molecular complexity index is 1260. The van der Waals surface area contributed by atoms with Crippen LogP contribution in [0, 0.1) is 11.3 Å². The zero-order valence-electron chi connectivity index (χ0n) is 30.1. The second-order valence-electron chi connectivity index (χ2n) is 15.0. The molecule has 262 valence electrons. The molecule has 5 atom stereocenters. The summed E-state index contributed by atoms with van der Waals surface area (Å²) < 4.78 is 0. The van der Waals surface area contributed by atoms with Crippen LogP contribution in [0.15, 0.2) is 42.0 Å². The average Bonchev–Trinajstić information content (AvgIpc) is 3.53. The highest BCUT2D eigenvalue weighted by atomic mass is 16.3. The van der Waals surface area contributed by atoms with Crippen LogP contribution in [0.3, 0.4) is 0 Å². The van der Waals surface area contributed by atoms with Crippen molar-refractivity contribution in [1.82, 2.24) is 25.3 Å². The molecule has 10 heteroatoms. The van der Waals surface area contributed by atoms with Crippen molar-refractivity contribution in [2.75, 3.05) is 26.7 Å². The maximum atomic E-state index is 14.2. The summed E-state index contributed by atoms with van der Waals surface area (Å²) in [4.78, 5) is 60.4. The number of amides is 4. The molecule has 0 radical (unpaired) electrons. The van der Waals surface area contributed by atoms with Gasteiger partial charge in [0, 0.05) is 25.2 Å². The third-order valence-corrected chi connectivity index (χ3v) is 9.66. The van der Waals surface area contributed by atoms with E-state index in [9.17, 15) is 24.3 Å². The van der Waals surface area contributed by atoms with Crippen molar-refractivity contribution < 1.29 is 24.3 Å². The quantitative estimate of drug-likeness (QED) is 0.293. The number of hydrogen-bond donors (Lipinski definition) is 3. The number of nitrogens with zero attached hydrogens (tertiary/aromatic N) is 3. The minimum Gasteiger partial charge on any atom is -0.394 e. The summed E-state index contributed by atoms with van der Waals surface area (Å²) in [6.45, 7) is 16.9. The second-order valence-corrected chi connectivity index (χ2v) is 15.0. The number of aliphatic hydroxyl groups excluding tert-OH is 1.